The standard InChI is InChI=1S/C13H12O2S/c1-9(14)12-7-8-13(16-12)10-3-5-11(15-2)6-4-10/h3-8H,1-2H3. The maximum atomic E-state index is 11.2. The highest BCUT2D eigenvalue weighted by molar-refractivity contribution is 7.17. The molecule has 0 spiro atoms. The monoisotopic (exact) mass is 232 g/mol. The summed E-state index contributed by atoms with van der Waals surface area (Å²) in [6.45, 7) is 1.59. The lowest BCUT2D eigenvalue weighted by molar-refractivity contribution is 0.102. The molecule has 16 heavy (non-hydrogen) atoms. The van der Waals surface area contributed by atoms with Gasteiger partial charge in [0, 0.05) is 4.88 Å². The molecule has 0 amide bonds. The third kappa shape index (κ3) is 2.14. The summed E-state index contributed by atoms with van der Waals surface area (Å²) < 4.78 is 5.10. The molecule has 0 saturated heterocycles. The second-order valence-corrected chi connectivity index (χ2v) is 4.53. The molecule has 0 radical (unpaired) electrons. The molecular formula is C13H12O2S. The van der Waals surface area contributed by atoms with Crippen molar-refractivity contribution in [1.29, 1.82) is 0 Å². The first kappa shape index (κ1) is 10.9. The molecule has 1 aromatic carbocycles. The average molecular weight is 232 g/mol. The number of ketones is 1. The molecule has 0 atom stereocenters. The van der Waals surface area contributed by atoms with Crippen molar-refractivity contribution < 1.29 is 9.53 Å². The van der Waals surface area contributed by atoms with Gasteiger partial charge < -0.3 is 4.74 Å². The summed E-state index contributed by atoms with van der Waals surface area (Å²) in [5.41, 5.74) is 1.11. The van der Waals surface area contributed by atoms with Crippen molar-refractivity contribution in [3.8, 4) is 16.2 Å². The quantitative estimate of drug-likeness (QED) is 0.755. The first-order valence-corrected chi connectivity index (χ1v) is 5.77. The first-order chi connectivity index (χ1) is 7.70. The predicted molar refractivity (Wildman–Crippen MR) is 66.3 cm³/mol. The molecule has 1 heterocycles. The Labute approximate surface area is 98.5 Å². The molecule has 0 fully saturated rings. The van der Waals surface area contributed by atoms with Crippen LogP contribution in [0.2, 0.25) is 0 Å². The summed E-state index contributed by atoms with van der Waals surface area (Å²) in [5, 5.41) is 0. The van der Waals surface area contributed by atoms with Crippen LogP contribution in [0.25, 0.3) is 10.4 Å². The highest BCUT2D eigenvalue weighted by Gasteiger charge is 2.05. The largest absolute Gasteiger partial charge is 0.497 e. The summed E-state index contributed by atoms with van der Waals surface area (Å²) in [6.07, 6.45) is 0. The lowest BCUT2D eigenvalue weighted by Crippen LogP contribution is -1.83. The number of hydrogen-bond donors (Lipinski definition) is 0. The van der Waals surface area contributed by atoms with Crippen LogP contribution >= 0.6 is 11.3 Å². The van der Waals surface area contributed by atoms with Crippen molar-refractivity contribution in [2.75, 3.05) is 7.11 Å². The van der Waals surface area contributed by atoms with Crippen LogP contribution in [0.1, 0.15) is 16.6 Å². The van der Waals surface area contributed by atoms with E-state index in [2.05, 4.69) is 0 Å². The van der Waals surface area contributed by atoms with Crippen LogP contribution < -0.4 is 4.74 Å². The van der Waals surface area contributed by atoms with Gasteiger partial charge in [-0.05, 0) is 48.9 Å². The summed E-state index contributed by atoms with van der Waals surface area (Å²) in [4.78, 5) is 13.1. The number of benzene rings is 1. The van der Waals surface area contributed by atoms with Crippen LogP contribution in [0.15, 0.2) is 36.4 Å². The second kappa shape index (κ2) is 4.49. The van der Waals surface area contributed by atoms with Gasteiger partial charge in [0.05, 0.1) is 12.0 Å². The van der Waals surface area contributed by atoms with Crippen molar-refractivity contribution in [1.82, 2.24) is 0 Å². The molecule has 0 aliphatic heterocycles. The van der Waals surface area contributed by atoms with Crippen molar-refractivity contribution >= 4 is 17.1 Å². The summed E-state index contributed by atoms with van der Waals surface area (Å²) in [7, 11) is 1.65. The van der Waals surface area contributed by atoms with Gasteiger partial charge in [-0.25, -0.2) is 0 Å². The Kier molecular flexibility index (Phi) is 3.06. The summed E-state index contributed by atoms with van der Waals surface area (Å²) in [5.74, 6) is 0.955. The van der Waals surface area contributed by atoms with E-state index in [1.54, 1.807) is 14.0 Å². The van der Waals surface area contributed by atoms with Crippen molar-refractivity contribution in [2.24, 2.45) is 0 Å². The maximum Gasteiger partial charge on any atom is 0.169 e. The van der Waals surface area contributed by atoms with Crippen LogP contribution in [-0.4, -0.2) is 12.9 Å². The lowest BCUT2D eigenvalue weighted by atomic mass is 10.2. The maximum absolute atomic E-state index is 11.2. The van der Waals surface area contributed by atoms with Crippen molar-refractivity contribution in [2.45, 2.75) is 6.92 Å². The highest BCUT2D eigenvalue weighted by Crippen LogP contribution is 2.29. The lowest BCUT2D eigenvalue weighted by Gasteiger charge is -2.00. The van der Waals surface area contributed by atoms with E-state index < -0.39 is 0 Å². The topological polar surface area (TPSA) is 26.3 Å². The number of methoxy groups -OCH3 is 1. The number of thiophene rings is 1. The number of carbonyl (C=O) groups excluding carboxylic acids is 1. The minimum atomic E-state index is 0.116. The van der Waals surface area contributed by atoms with Gasteiger partial charge in [0.25, 0.3) is 0 Å². The zero-order chi connectivity index (χ0) is 11.5. The second-order valence-electron chi connectivity index (χ2n) is 3.45. The molecule has 2 rings (SSSR count). The van der Waals surface area contributed by atoms with Crippen molar-refractivity contribution in [3.63, 3.8) is 0 Å². The zero-order valence-corrected chi connectivity index (χ0v) is 10.0. The van der Waals surface area contributed by atoms with Gasteiger partial charge in [0.1, 0.15) is 5.75 Å². The minimum Gasteiger partial charge on any atom is -0.497 e. The van der Waals surface area contributed by atoms with Crippen LogP contribution in [0, 0.1) is 0 Å². The molecule has 2 aromatic rings. The Morgan fingerprint density at radius 1 is 1.12 bits per heavy atom. The molecule has 0 saturated carbocycles. The van der Waals surface area contributed by atoms with Gasteiger partial charge in [-0.2, -0.15) is 0 Å². The van der Waals surface area contributed by atoms with E-state index in [1.165, 1.54) is 11.3 Å². The van der Waals surface area contributed by atoms with Gasteiger partial charge in [0.2, 0.25) is 0 Å². The van der Waals surface area contributed by atoms with Gasteiger partial charge in [-0.3, -0.25) is 4.79 Å². The van der Waals surface area contributed by atoms with Crippen LogP contribution in [0.3, 0.4) is 0 Å². The van der Waals surface area contributed by atoms with Crippen LogP contribution in [0.4, 0.5) is 0 Å². The van der Waals surface area contributed by atoms with Gasteiger partial charge in [-0.15, -0.1) is 11.3 Å². The Bertz CT molecular complexity index is 497. The number of Topliss-reactive ketones (excluding diaryl/α,β-unsaturated/α-hetero) is 1. The van der Waals surface area contributed by atoms with Gasteiger partial charge in [-0.1, -0.05) is 0 Å². The summed E-state index contributed by atoms with van der Waals surface area (Å²) >= 11 is 1.52. The first-order valence-electron chi connectivity index (χ1n) is 4.96. The Hall–Kier alpha value is -1.61. The Balaban J connectivity index is 2.31. The highest BCUT2D eigenvalue weighted by atomic mass is 32.1. The Morgan fingerprint density at radius 2 is 1.81 bits per heavy atom. The Morgan fingerprint density at radius 3 is 2.31 bits per heavy atom. The summed E-state index contributed by atoms with van der Waals surface area (Å²) in [6, 6.07) is 11.7. The number of ether oxygens (including phenoxy) is 1. The molecule has 82 valence electrons. The third-order valence-electron chi connectivity index (χ3n) is 2.33. The van der Waals surface area contributed by atoms with Crippen molar-refractivity contribution in [3.05, 3.63) is 41.3 Å². The molecule has 0 bridgehead atoms. The minimum absolute atomic E-state index is 0.116. The van der Waals surface area contributed by atoms with Crippen LogP contribution in [0.5, 0.6) is 5.75 Å². The number of hydrogen-bond acceptors (Lipinski definition) is 3. The van der Waals surface area contributed by atoms with E-state index in [4.69, 9.17) is 4.74 Å². The fraction of sp³-hybridized carbons (Fsp3) is 0.154. The molecule has 1 aromatic heterocycles. The van der Waals surface area contributed by atoms with E-state index in [9.17, 15) is 4.79 Å². The molecular weight excluding hydrogens is 220 g/mol. The van der Waals surface area contributed by atoms with Gasteiger partial charge in [0.15, 0.2) is 5.78 Å². The third-order valence-corrected chi connectivity index (χ3v) is 3.56. The van der Waals surface area contributed by atoms with E-state index in [-0.39, 0.29) is 5.78 Å². The van der Waals surface area contributed by atoms with E-state index in [0.717, 1.165) is 21.1 Å². The fourth-order valence-corrected chi connectivity index (χ4v) is 2.34. The van der Waals surface area contributed by atoms with E-state index >= 15 is 0 Å². The molecule has 0 N–H and O–H groups in total. The van der Waals surface area contributed by atoms with Gasteiger partial charge >= 0.3 is 0 Å². The SMILES string of the molecule is COc1ccc(-c2ccc(C(C)=O)s2)cc1. The molecule has 0 aliphatic carbocycles. The van der Waals surface area contributed by atoms with Crippen LogP contribution in [-0.2, 0) is 0 Å². The molecule has 0 aliphatic rings. The predicted octanol–water partition coefficient (Wildman–Crippen LogP) is 3.63. The normalized spacial score (nSPS) is 10.1. The van der Waals surface area contributed by atoms with E-state index in [0.29, 0.717) is 0 Å². The number of carbonyl (C=O) groups is 1. The zero-order valence-electron chi connectivity index (χ0n) is 9.19. The molecule has 3 heteroatoms. The fourth-order valence-electron chi connectivity index (χ4n) is 1.44. The average Bonchev–Trinajstić information content (AvgIpc) is 2.78. The number of rotatable bonds is 3. The van der Waals surface area contributed by atoms with E-state index in [1.807, 2.05) is 36.4 Å². The molecule has 0 unspecified atom stereocenters. The molecule has 2 nitrogen and oxygen atoms in total. The smallest absolute Gasteiger partial charge is 0.169 e.